The van der Waals surface area contributed by atoms with Crippen molar-refractivity contribution in [3.8, 4) is 0 Å². The topological polar surface area (TPSA) is 64.0 Å². The van der Waals surface area contributed by atoms with Crippen LogP contribution in [0.2, 0.25) is 5.02 Å². The molecule has 284 valence electrons. The maximum atomic E-state index is 14.4. The largest absolute Gasteiger partial charge is 0.393 e. The Morgan fingerprint density at radius 2 is 1.61 bits per heavy atom. The van der Waals surface area contributed by atoms with E-state index in [1.165, 1.54) is 22.8 Å². The van der Waals surface area contributed by atoms with Gasteiger partial charge in [-0.3, -0.25) is 14.6 Å². The van der Waals surface area contributed by atoms with E-state index >= 15 is 0 Å². The summed E-state index contributed by atoms with van der Waals surface area (Å²) in [5.41, 5.74) is 4.16. The first kappa shape index (κ1) is 38.6. The van der Waals surface area contributed by atoms with E-state index in [-0.39, 0.29) is 23.3 Å². The lowest BCUT2D eigenvalue weighted by molar-refractivity contribution is -0.0894. The van der Waals surface area contributed by atoms with Crippen molar-refractivity contribution >= 4 is 17.4 Å². The quantitative estimate of drug-likeness (QED) is 0.146. The zero-order valence-corrected chi connectivity index (χ0v) is 32.0. The van der Waals surface area contributed by atoms with Gasteiger partial charge in [0.25, 0.3) is 0 Å². The Kier molecular flexibility index (Phi) is 11.5. The molecule has 4 aromatic carbocycles. The minimum atomic E-state index is -1.07. The molecule has 1 heterocycles. The molecule has 5 atom stereocenters. The van der Waals surface area contributed by atoms with E-state index in [1.54, 1.807) is 0 Å². The van der Waals surface area contributed by atoms with Gasteiger partial charge in [-0.15, -0.1) is 0 Å². The van der Waals surface area contributed by atoms with Gasteiger partial charge in [-0.2, -0.15) is 0 Å². The molecular weight excluding hydrogens is 702 g/mol. The van der Waals surface area contributed by atoms with E-state index in [4.69, 9.17) is 11.6 Å². The Morgan fingerprint density at radius 3 is 2.33 bits per heavy atom. The Labute approximate surface area is 323 Å². The predicted octanol–water partition coefficient (Wildman–Crippen LogP) is 9.29. The number of benzene rings is 4. The standard InChI is InChI=1S/C46H51ClF2N2O3/c1-31-7-6-21-45(2)40(38-18-11-32(27-37(52)17-10-31)28-39(38)44(53)35-14-19-41(48)42(49)29-35)20-22-46(45,54)30-50-23-25-51(26-24-50)43(33-8-4-3-5-9-33)34-12-15-36(47)16-13-34/h3-5,7-9,11-16,18-19,28-29,37,40,43,52,54H,6,10,17,20-27,30H2,1-2H3/t37-,40-,43?,45-,46+/m0/s1. The number of allylic oxidation sites excluding steroid dienone is 2. The third-order valence-electron chi connectivity index (χ3n) is 12.7. The second kappa shape index (κ2) is 16.2. The van der Waals surface area contributed by atoms with Gasteiger partial charge in [-0.25, -0.2) is 8.78 Å². The number of carbonyl (C=O) groups is 1. The van der Waals surface area contributed by atoms with Gasteiger partial charge >= 0.3 is 0 Å². The average Bonchev–Trinajstić information content (AvgIpc) is 3.42. The van der Waals surface area contributed by atoms with Crippen LogP contribution in [0.25, 0.3) is 0 Å². The number of aliphatic hydroxyl groups excluding tert-OH is 1. The van der Waals surface area contributed by atoms with Gasteiger partial charge in [-0.05, 0) is 116 Å². The zero-order valence-electron chi connectivity index (χ0n) is 31.3. The molecule has 0 aromatic heterocycles. The van der Waals surface area contributed by atoms with Gasteiger partial charge in [0.05, 0.1) is 17.7 Å². The number of halogens is 3. The van der Waals surface area contributed by atoms with Crippen molar-refractivity contribution in [1.82, 2.24) is 9.80 Å². The van der Waals surface area contributed by atoms with Crippen LogP contribution in [0, 0.1) is 17.0 Å². The first-order valence-corrected chi connectivity index (χ1v) is 19.8. The van der Waals surface area contributed by atoms with Gasteiger partial charge in [-0.1, -0.05) is 84.8 Å². The van der Waals surface area contributed by atoms with Crippen LogP contribution in [0.1, 0.15) is 103 Å². The van der Waals surface area contributed by atoms with Crippen molar-refractivity contribution in [2.24, 2.45) is 5.41 Å². The molecule has 4 aliphatic rings. The fourth-order valence-corrected chi connectivity index (χ4v) is 9.56. The lowest BCUT2D eigenvalue weighted by Crippen LogP contribution is -2.56. The predicted molar refractivity (Wildman–Crippen MR) is 211 cm³/mol. The highest BCUT2D eigenvalue weighted by Gasteiger charge is 2.57. The van der Waals surface area contributed by atoms with Crippen molar-refractivity contribution in [2.75, 3.05) is 32.7 Å². The highest BCUT2D eigenvalue weighted by Crippen LogP contribution is 2.59. The summed E-state index contributed by atoms with van der Waals surface area (Å²) >= 11 is 6.27. The molecule has 1 aliphatic heterocycles. The summed E-state index contributed by atoms with van der Waals surface area (Å²) in [4.78, 5) is 19.1. The number of hydrogen-bond donors (Lipinski definition) is 2. The Balaban J connectivity index is 1.18. The number of piperazine rings is 1. The molecule has 0 spiro atoms. The van der Waals surface area contributed by atoms with Gasteiger partial charge < -0.3 is 10.2 Å². The maximum Gasteiger partial charge on any atom is 0.193 e. The molecule has 0 radical (unpaired) electrons. The molecular formula is C46H51ClF2N2O3. The molecule has 1 saturated carbocycles. The molecule has 4 aromatic rings. The van der Waals surface area contributed by atoms with E-state index in [0.717, 1.165) is 62.3 Å². The van der Waals surface area contributed by atoms with E-state index in [9.17, 15) is 23.8 Å². The number of carbonyl (C=O) groups excluding carboxylic acids is 1. The number of aliphatic hydroxyl groups is 2. The Hall–Kier alpha value is -3.72. The Bertz CT molecular complexity index is 1980. The first-order chi connectivity index (χ1) is 25.9. The highest BCUT2D eigenvalue weighted by molar-refractivity contribution is 6.30. The molecule has 1 unspecified atom stereocenters. The van der Waals surface area contributed by atoms with Crippen LogP contribution in [-0.2, 0) is 6.42 Å². The van der Waals surface area contributed by atoms with Crippen LogP contribution in [0.5, 0.6) is 0 Å². The fourth-order valence-electron chi connectivity index (χ4n) is 9.43. The molecule has 5 nitrogen and oxygen atoms in total. The molecule has 0 amide bonds. The summed E-state index contributed by atoms with van der Waals surface area (Å²) in [5.74, 6) is -2.61. The fraction of sp³-hybridized carbons (Fsp3) is 0.413. The van der Waals surface area contributed by atoms with Crippen molar-refractivity contribution in [1.29, 1.82) is 0 Å². The number of β-amino-alcohol motifs (C(OH)–C–C–N with tert-alkyl or cyclic N) is 1. The molecule has 8 heteroatoms. The molecule has 8 rings (SSSR count). The van der Waals surface area contributed by atoms with Gasteiger partial charge in [0.2, 0.25) is 0 Å². The van der Waals surface area contributed by atoms with Crippen LogP contribution in [0.3, 0.4) is 0 Å². The van der Waals surface area contributed by atoms with Crippen LogP contribution >= 0.6 is 11.6 Å². The molecule has 1 saturated heterocycles. The molecule has 2 bridgehead atoms. The second-order valence-electron chi connectivity index (χ2n) is 16.1. The van der Waals surface area contributed by atoms with Gasteiger partial charge in [0.15, 0.2) is 17.4 Å². The van der Waals surface area contributed by atoms with Crippen LogP contribution in [-0.4, -0.2) is 70.2 Å². The van der Waals surface area contributed by atoms with E-state index in [0.29, 0.717) is 49.2 Å². The lowest BCUT2D eigenvalue weighted by atomic mass is 9.64. The molecule has 54 heavy (non-hydrogen) atoms. The van der Waals surface area contributed by atoms with Crippen molar-refractivity contribution in [2.45, 2.75) is 82.5 Å². The monoisotopic (exact) mass is 752 g/mol. The van der Waals surface area contributed by atoms with E-state index < -0.39 is 28.8 Å². The van der Waals surface area contributed by atoms with Crippen molar-refractivity contribution < 1.29 is 23.8 Å². The highest BCUT2D eigenvalue weighted by atomic mass is 35.5. The smallest absolute Gasteiger partial charge is 0.193 e. The normalized spacial score (nSPS) is 26.2. The SMILES string of the molecule is CC1=CCC[C@@]2(C)[C@@H](CC[C@@]2(O)CN2CCN(C(c3ccccc3)c3ccc(Cl)cc3)CC2)c2ccc(cc2C(=O)c2ccc(F)c(F)c2)C[C@@H](O)CC1. The zero-order chi connectivity index (χ0) is 38.0. The van der Waals surface area contributed by atoms with Gasteiger partial charge in [0.1, 0.15) is 0 Å². The minimum absolute atomic E-state index is 0.0766. The van der Waals surface area contributed by atoms with Crippen molar-refractivity contribution in [3.05, 3.63) is 153 Å². The summed E-state index contributed by atoms with van der Waals surface area (Å²) in [5, 5.41) is 24.6. The first-order valence-electron chi connectivity index (χ1n) is 19.4. The Morgan fingerprint density at radius 1 is 0.889 bits per heavy atom. The molecule has 2 N–H and O–H groups in total. The van der Waals surface area contributed by atoms with E-state index in [2.05, 4.69) is 66.1 Å². The van der Waals surface area contributed by atoms with Crippen LogP contribution < -0.4 is 0 Å². The third-order valence-corrected chi connectivity index (χ3v) is 12.9. The third kappa shape index (κ3) is 7.98. The number of fused-ring (bicyclic) bond motifs is 8. The minimum Gasteiger partial charge on any atom is -0.393 e. The number of ketones is 1. The summed E-state index contributed by atoms with van der Waals surface area (Å²) in [6.45, 7) is 8.08. The maximum absolute atomic E-state index is 14.4. The summed E-state index contributed by atoms with van der Waals surface area (Å²) < 4.78 is 28.4. The van der Waals surface area contributed by atoms with Crippen molar-refractivity contribution in [3.63, 3.8) is 0 Å². The van der Waals surface area contributed by atoms with Crippen LogP contribution in [0.4, 0.5) is 8.78 Å². The number of nitrogens with zero attached hydrogens (tertiary/aromatic N) is 2. The summed E-state index contributed by atoms with van der Waals surface area (Å²) in [6, 6.07) is 27.9. The average molecular weight is 753 g/mol. The number of hydrogen-bond acceptors (Lipinski definition) is 5. The van der Waals surface area contributed by atoms with E-state index in [1.807, 2.05) is 36.4 Å². The summed E-state index contributed by atoms with van der Waals surface area (Å²) in [6.07, 6.45) is 6.13. The second-order valence-corrected chi connectivity index (χ2v) is 16.5. The number of rotatable bonds is 7. The molecule has 3 aliphatic carbocycles. The van der Waals surface area contributed by atoms with Crippen LogP contribution in [0.15, 0.2) is 103 Å². The lowest BCUT2D eigenvalue weighted by Gasteiger charge is -2.48. The van der Waals surface area contributed by atoms with Gasteiger partial charge in [0, 0.05) is 54.3 Å². The molecule has 2 fully saturated rings. The summed E-state index contributed by atoms with van der Waals surface area (Å²) in [7, 11) is 0.